The van der Waals surface area contributed by atoms with Crippen molar-refractivity contribution in [1.29, 1.82) is 0 Å². The predicted octanol–water partition coefficient (Wildman–Crippen LogP) is 1.72. The zero-order valence-electron chi connectivity index (χ0n) is 15.0. The third-order valence-corrected chi connectivity index (χ3v) is 5.26. The van der Waals surface area contributed by atoms with E-state index in [-0.39, 0.29) is 6.04 Å². The Morgan fingerprint density at radius 3 is 2.77 bits per heavy atom. The van der Waals surface area contributed by atoms with E-state index in [1.165, 1.54) is 5.56 Å². The van der Waals surface area contributed by atoms with Crippen molar-refractivity contribution < 1.29 is 14.3 Å². The third kappa shape index (κ3) is 4.42. The van der Waals surface area contributed by atoms with Crippen LogP contribution >= 0.6 is 11.3 Å². The smallest absolute Gasteiger partial charge is 0.309 e. The maximum absolute atomic E-state index is 12.1. The fraction of sp³-hybridized carbons (Fsp3) is 0.368. The van der Waals surface area contributed by atoms with Gasteiger partial charge in [-0.3, -0.25) is 9.59 Å². The van der Waals surface area contributed by atoms with Gasteiger partial charge in [-0.1, -0.05) is 18.2 Å². The summed E-state index contributed by atoms with van der Waals surface area (Å²) in [6.45, 7) is 1.44. The highest BCUT2D eigenvalue weighted by molar-refractivity contribution is 7.09. The van der Waals surface area contributed by atoms with E-state index < -0.39 is 11.8 Å². The zero-order chi connectivity index (χ0) is 18.5. The van der Waals surface area contributed by atoms with Crippen molar-refractivity contribution in [2.24, 2.45) is 0 Å². The van der Waals surface area contributed by atoms with Crippen molar-refractivity contribution in [3.63, 3.8) is 0 Å². The number of benzene rings is 1. The Morgan fingerprint density at radius 1 is 1.23 bits per heavy atom. The minimum Gasteiger partial charge on any atom is -0.493 e. The first-order valence-electron chi connectivity index (χ1n) is 8.55. The highest BCUT2D eigenvalue weighted by Crippen LogP contribution is 2.29. The second-order valence-electron chi connectivity index (χ2n) is 6.42. The molecule has 0 saturated heterocycles. The number of likely N-dealkylation sites (N-methyl/N-ethyl adjacent to an activating group) is 1. The molecule has 3 rings (SSSR count). The van der Waals surface area contributed by atoms with Gasteiger partial charge in [0.15, 0.2) is 0 Å². The Labute approximate surface area is 157 Å². The molecule has 2 heterocycles. The Hall–Kier alpha value is -2.38. The summed E-state index contributed by atoms with van der Waals surface area (Å²) < 4.78 is 5.55. The van der Waals surface area contributed by atoms with E-state index in [0.29, 0.717) is 19.7 Å². The number of hydrogen-bond acceptors (Lipinski definition) is 5. The molecule has 0 radical (unpaired) electrons. The summed E-state index contributed by atoms with van der Waals surface area (Å²) in [5.74, 6) is -0.292. The van der Waals surface area contributed by atoms with Crippen LogP contribution in [-0.2, 0) is 22.6 Å². The standard InChI is InChI=1S/C19H23N3O3S/c1-22(2)16(13-5-6-17-14(10-13)7-8-25-17)12-21-19(24)18(23)20-11-15-4-3-9-26-15/h3-6,9-10,16H,7-8,11-12H2,1-2H3,(H,20,23)(H,21,24). The second kappa shape index (κ2) is 8.33. The first-order valence-corrected chi connectivity index (χ1v) is 9.43. The van der Waals surface area contributed by atoms with Gasteiger partial charge in [0.2, 0.25) is 0 Å². The van der Waals surface area contributed by atoms with Gasteiger partial charge >= 0.3 is 11.8 Å². The van der Waals surface area contributed by atoms with E-state index >= 15 is 0 Å². The van der Waals surface area contributed by atoms with Gasteiger partial charge in [0.1, 0.15) is 5.75 Å². The average Bonchev–Trinajstić information content (AvgIpc) is 3.30. The van der Waals surface area contributed by atoms with Crippen LogP contribution < -0.4 is 15.4 Å². The molecule has 0 fully saturated rings. The molecule has 1 aliphatic heterocycles. The van der Waals surface area contributed by atoms with Gasteiger partial charge in [-0.25, -0.2) is 0 Å². The van der Waals surface area contributed by atoms with Crippen molar-refractivity contribution in [3.8, 4) is 5.75 Å². The molecule has 0 saturated carbocycles. The molecule has 0 spiro atoms. The molecular formula is C19H23N3O3S. The quantitative estimate of drug-likeness (QED) is 0.757. The van der Waals surface area contributed by atoms with E-state index in [1.807, 2.05) is 48.6 Å². The highest BCUT2D eigenvalue weighted by Gasteiger charge is 2.21. The van der Waals surface area contributed by atoms with Gasteiger partial charge in [-0.05, 0) is 42.7 Å². The summed E-state index contributed by atoms with van der Waals surface area (Å²) in [7, 11) is 3.91. The number of thiophene rings is 1. The number of carbonyl (C=O) groups is 2. The van der Waals surface area contributed by atoms with Crippen LogP contribution in [0, 0.1) is 0 Å². The van der Waals surface area contributed by atoms with Crippen LogP contribution in [0.25, 0.3) is 0 Å². The number of amides is 2. The summed E-state index contributed by atoms with van der Waals surface area (Å²) in [6, 6.07) is 9.92. The molecule has 26 heavy (non-hydrogen) atoms. The van der Waals surface area contributed by atoms with Gasteiger partial charge in [0, 0.05) is 17.8 Å². The number of ether oxygens (including phenoxy) is 1. The lowest BCUT2D eigenvalue weighted by molar-refractivity contribution is -0.139. The predicted molar refractivity (Wildman–Crippen MR) is 101 cm³/mol. The van der Waals surface area contributed by atoms with Crippen molar-refractivity contribution in [2.45, 2.75) is 19.0 Å². The number of carbonyl (C=O) groups excluding carboxylic acids is 2. The van der Waals surface area contributed by atoms with Crippen LogP contribution in [0.3, 0.4) is 0 Å². The molecule has 1 aromatic heterocycles. The number of nitrogens with zero attached hydrogens (tertiary/aromatic N) is 1. The Balaban J connectivity index is 1.56. The summed E-state index contributed by atoms with van der Waals surface area (Å²) >= 11 is 1.54. The molecule has 0 bridgehead atoms. The molecule has 2 aromatic rings. The van der Waals surface area contributed by atoms with Crippen LogP contribution in [-0.4, -0.2) is 44.0 Å². The molecule has 7 heteroatoms. The van der Waals surface area contributed by atoms with E-state index in [9.17, 15) is 9.59 Å². The number of fused-ring (bicyclic) bond motifs is 1. The first kappa shape index (κ1) is 18.4. The van der Waals surface area contributed by atoms with E-state index in [2.05, 4.69) is 16.7 Å². The van der Waals surface area contributed by atoms with Crippen molar-refractivity contribution in [3.05, 3.63) is 51.7 Å². The topological polar surface area (TPSA) is 70.7 Å². The summed E-state index contributed by atoms with van der Waals surface area (Å²) in [6.07, 6.45) is 0.904. The van der Waals surface area contributed by atoms with Gasteiger partial charge in [-0.2, -0.15) is 0 Å². The van der Waals surface area contributed by atoms with Crippen LogP contribution in [0.4, 0.5) is 0 Å². The average molecular weight is 373 g/mol. The fourth-order valence-corrected chi connectivity index (χ4v) is 3.59. The van der Waals surface area contributed by atoms with Crippen LogP contribution in [0.2, 0.25) is 0 Å². The van der Waals surface area contributed by atoms with E-state index in [1.54, 1.807) is 11.3 Å². The Morgan fingerprint density at radius 2 is 2.04 bits per heavy atom. The van der Waals surface area contributed by atoms with Crippen molar-refractivity contribution >= 4 is 23.2 Å². The maximum Gasteiger partial charge on any atom is 0.309 e. The van der Waals surface area contributed by atoms with Crippen molar-refractivity contribution in [1.82, 2.24) is 15.5 Å². The number of hydrogen-bond donors (Lipinski definition) is 2. The highest BCUT2D eigenvalue weighted by atomic mass is 32.1. The molecule has 1 unspecified atom stereocenters. The summed E-state index contributed by atoms with van der Waals surface area (Å²) in [5.41, 5.74) is 2.29. The lowest BCUT2D eigenvalue weighted by Gasteiger charge is -2.25. The minimum atomic E-state index is -0.613. The molecule has 1 atom stereocenters. The third-order valence-electron chi connectivity index (χ3n) is 4.39. The van der Waals surface area contributed by atoms with Crippen LogP contribution in [0.5, 0.6) is 5.75 Å². The van der Waals surface area contributed by atoms with E-state index in [4.69, 9.17) is 4.74 Å². The molecule has 2 N–H and O–H groups in total. The zero-order valence-corrected chi connectivity index (χ0v) is 15.8. The van der Waals surface area contributed by atoms with Crippen LogP contribution in [0.1, 0.15) is 22.0 Å². The Kier molecular flexibility index (Phi) is 5.90. The van der Waals surface area contributed by atoms with Crippen molar-refractivity contribution in [2.75, 3.05) is 27.2 Å². The van der Waals surface area contributed by atoms with Gasteiger partial charge in [0.05, 0.1) is 19.2 Å². The van der Waals surface area contributed by atoms with Gasteiger partial charge in [-0.15, -0.1) is 11.3 Å². The number of nitrogens with one attached hydrogen (secondary N) is 2. The molecule has 1 aliphatic rings. The second-order valence-corrected chi connectivity index (χ2v) is 7.45. The largest absolute Gasteiger partial charge is 0.493 e. The SMILES string of the molecule is CN(C)C(CNC(=O)C(=O)NCc1cccs1)c1ccc2c(c1)CCO2. The molecule has 138 valence electrons. The number of rotatable bonds is 6. The molecular weight excluding hydrogens is 350 g/mol. The minimum absolute atomic E-state index is 0.0186. The molecule has 1 aromatic carbocycles. The van der Waals surface area contributed by atoms with E-state index in [0.717, 1.165) is 22.6 Å². The van der Waals surface area contributed by atoms with Gasteiger partial charge in [0.25, 0.3) is 0 Å². The lowest BCUT2D eigenvalue weighted by atomic mass is 10.0. The van der Waals surface area contributed by atoms with Gasteiger partial charge < -0.3 is 20.3 Å². The lowest BCUT2D eigenvalue weighted by Crippen LogP contribution is -2.42. The monoisotopic (exact) mass is 373 g/mol. The Bertz CT molecular complexity index is 774. The molecule has 6 nitrogen and oxygen atoms in total. The fourth-order valence-electron chi connectivity index (χ4n) is 2.94. The van der Waals surface area contributed by atoms with Crippen LogP contribution in [0.15, 0.2) is 35.7 Å². The normalized spacial score (nSPS) is 13.8. The first-order chi connectivity index (χ1) is 12.5. The molecule has 0 aliphatic carbocycles. The summed E-state index contributed by atoms with van der Waals surface area (Å²) in [5, 5.41) is 7.32. The summed E-state index contributed by atoms with van der Waals surface area (Å²) in [4.78, 5) is 27.1. The maximum atomic E-state index is 12.1. The molecule has 2 amide bonds.